The van der Waals surface area contributed by atoms with Gasteiger partial charge >= 0.3 is 0 Å². The van der Waals surface area contributed by atoms with Crippen LogP contribution >= 0.6 is 0 Å². The Morgan fingerprint density at radius 2 is 1.77 bits per heavy atom. The number of fused-ring (bicyclic) bond motifs is 1. The number of nitrogens with zero attached hydrogens (tertiary/aromatic N) is 1. The molecule has 0 aromatic heterocycles. The van der Waals surface area contributed by atoms with Gasteiger partial charge in [-0.05, 0) is 30.5 Å². The molecule has 1 N–H and O–H groups in total. The van der Waals surface area contributed by atoms with Crippen molar-refractivity contribution in [2.75, 3.05) is 26.3 Å². The van der Waals surface area contributed by atoms with Gasteiger partial charge in [0, 0.05) is 31.0 Å². The van der Waals surface area contributed by atoms with Gasteiger partial charge in [-0.3, -0.25) is 9.59 Å². The third-order valence-electron chi connectivity index (χ3n) is 4.87. The molecule has 2 aliphatic heterocycles. The monoisotopic (exact) mass is 360 g/mol. The summed E-state index contributed by atoms with van der Waals surface area (Å²) in [6.07, 6.45) is 1.43. The molecular weight excluding hydrogens is 332 g/mol. The Bertz CT molecular complexity index is 673. The number of rotatable bonds is 3. The van der Waals surface area contributed by atoms with Crippen LogP contribution in [0.3, 0.4) is 0 Å². The van der Waals surface area contributed by atoms with Crippen molar-refractivity contribution in [3.05, 3.63) is 23.8 Å². The van der Waals surface area contributed by atoms with Gasteiger partial charge in [-0.1, -0.05) is 26.8 Å². The lowest BCUT2D eigenvalue weighted by molar-refractivity contribution is -0.142. The molecule has 142 valence electrons. The van der Waals surface area contributed by atoms with Crippen molar-refractivity contribution < 1.29 is 19.1 Å². The molecule has 26 heavy (non-hydrogen) atoms. The van der Waals surface area contributed by atoms with Crippen LogP contribution < -0.4 is 14.8 Å². The van der Waals surface area contributed by atoms with Crippen molar-refractivity contribution >= 4 is 11.8 Å². The molecule has 1 saturated heterocycles. The Balaban J connectivity index is 1.48. The van der Waals surface area contributed by atoms with E-state index in [1.807, 2.05) is 43.9 Å². The highest BCUT2D eigenvalue weighted by molar-refractivity contribution is 5.82. The topological polar surface area (TPSA) is 67.9 Å². The quantitative estimate of drug-likeness (QED) is 0.899. The first-order chi connectivity index (χ1) is 12.3. The zero-order valence-corrected chi connectivity index (χ0v) is 15.8. The second-order valence-corrected chi connectivity index (χ2v) is 8.01. The summed E-state index contributed by atoms with van der Waals surface area (Å²) < 4.78 is 11.1. The van der Waals surface area contributed by atoms with E-state index in [4.69, 9.17) is 9.47 Å². The fourth-order valence-electron chi connectivity index (χ4n) is 3.35. The summed E-state index contributed by atoms with van der Waals surface area (Å²) >= 11 is 0. The zero-order chi connectivity index (χ0) is 18.7. The lowest BCUT2D eigenvalue weighted by Gasteiger charge is -2.35. The van der Waals surface area contributed by atoms with Crippen molar-refractivity contribution in [3.8, 4) is 11.5 Å². The molecule has 1 aromatic rings. The molecule has 0 spiro atoms. The number of piperidine rings is 1. The molecule has 1 aromatic carbocycles. The van der Waals surface area contributed by atoms with Gasteiger partial charge in [0.05, 0.1) is 0 Å². The summed E-state index contributed by atoms with van der Waals surface area (Å²) in [6, 6.07) is 5.74. The van der Waals surface area contributed by atoms with Gasteiger partial charge in [0.1, 0.15) is 13.2 Å². The molecule has 1 fully saturated rings. The van der Waals surface area contributed by atoms with Crippen molar-refractivity contribution in [1.29, 1.82) is 0 Å². The summed E-state index contributed by atoms with van der Waals surface area (Å²) in [5, 5.41) is 3.01. The van der Waals surface area contributed by atoms with Crippen molar-refractivity contribution in [2.24, 2.45) is 11.3 Å². The maximum Gasteiger partial charge on any atom is 0.227 e. The number of amides is 2. The van der Waals surface area contributed by atoms with Crippen LogP contribution in [0, 0.1) is 11.3 Å². The third kappa shape index (κ3) is 4.29. The largest absolute Gasteiger partial charge is 0.486 e. The maximum atomic E-state index is 12.5. The van der Waals surface area contributed by atoms with E-state index in [-0.39, 0.29) is 23.1 Å². The second-order valence-electron chi connectivity index (χ2n) is 8.01. The summed E-state index contributed by atoms with van der Waals surface area (Å²) in [4.78, 5) is 26.7. The Labute approximate surface area is 154 Å². The smallest absolute Gasteiger partial charge is 0.227 e. The normalized spacial score (nSPS) is 17.7. The molecule has 0 aliphatic carbocycles. The summed E-state index contributed by atoms with van der Waals surface area (Å²) in [6.45, 7) is 8.69. The van der Waals surface area contributed by atoms with Crippen LogP contribution in [0.2, 0.25) is 0 Å². The first-order valence-electron chi connectivity index (χ1n) is 9.30. The van der Waals surface area contributed by atoms with Crippen LogP contribution in [-0.2, 0) is 16.1 Å². The molecule has 3 rings (SSSR count). The van der Waals surface area contributed by atoms with E-state index in [1.54, 1.807) is 0 Å². The maximum absolute atomic E-state index is 12.5. The molecular formula is C20H28N2O4. The minimum atomic E-state index is -0.368. The Kier molecular flexibility index (Phi) is 5.39. The van der Waals surface area contributed by atoms with Crippen LogP contribution in [0.15, 0.2) is 18.2 Å². The molecule has 2 heterocycles. The minimum Gasteiger partial charge on any atom is -0.486 e. The number of ether oxygens (including phenoxy) is 2. The van der Waals surface area contributed by atoms with Crippen molar-refractivity contribution in [3.63, 3.8) is 0 Å². The van der Waals surface area contributed by atoms with Crippen LogP contribution in [0.1, 0.15) is 39.2 Å². The van der Waals surface area contributed by atoms with E-state index in [0.29, 0.717) is 32.8 Å². The van der Waals surface area contributed by atoms with Crippen LogP contribution in [0.25, 0.3) is 0 Å². The second kappa shape index (κ2) is 7.56. The van der Waals surface area contributed by atoms with Crippen LogP contribution in [0.4, 0.5) is 0 Å². The zero-order valence-electron chi connectivity index (χ0n) is 15.8. The fraction of sp³-hybridized carbons (Fsp3) is 0.600. The number of benzene rings is 1. The predicted octanol–water partition coefficient (Wildman–Crippen LogP) is 2.36. The lowest BCUT2D eigenvalue weighted by Crippen LogP contribution is -2.46. The van der Waals surface area contributed by atoms with Gasteiger partial charge < -0.3 is 19.7 Å². The van der Waals surface area contributed by atoms with Gasteiger partial charge in [-0.15, -0.1) is 0 Å². The molecule has 2 aliphatic rings. The molecule has 0 atom stereocenters. The van der Waals surface area contributed by atoms with Gasteiger partial charge in [0.15, 0.2) is 11.5 Å². The SMILES string of the molecule is CC(C)(C)C(=O)N1CCC(C(=O)NCc2ccc3c(c2)OCCO3)CC1. The Morgan fingerprint density at radius 1 is 1.12 bits per heavy atom. The molecule has 0 saturated carbocycles. The van der Waals surface area contributed by atoms with Crippen LogP contribution in [0.5, 0.6) is 11.5 Å². The van der Waals surface area contributed by atoms with E-state index in [1.165, 1.54) is 0 Å². The Morgan fingerprint density at radius 3 is 2.42 bits per heavy atom. The highest BCUT2D eigenvalue weighted by Crippen LogP contribution is 2.30. The average Bonchev–Trinajstić information content (AvgIpc) is 2.64. The third-order valence-corrected chi connectivity index (χ3v) is 4.87. The number of hydrogen-bond acceptors (Lipinski definition) is 4. The summed E-state index contributed by atoms with van der Waals surface area (Å²) in [5.74, 6) is 1.67. The summed E-state index contributed by atoms with van der Waals surface area (Å²) in [7, 11) is 0. The van der Waals surface area contributed by atoms with Gasteiger partial charge in [0.2, 0.25) is 11.8 Å². The van der Waals surface area contributed by atoms with E-state index in [2.05, 4.69) is 5.32 Å². The standard InChI is InChI=1S/C20H28N2O4/c1-20(2,3)19(24)22-8-6-15(7-9-22)18(23)21-13-14-4-5-16-17(12-14)26-11-10-25-16/h4-5,12,15H,6-11,13H2,1-3H3,(H,21,23). The van der Waals surface area contributed by atoms with Gasteiger partial charge in [0.25, 0.3) is 0 Å². The van der Waals surface area contributed by atoms with E-state index in [0.717, 1.165) is 29.9 Å². The number of carbonyl (C=O) groups excluding carboxylic acids is 2. The number of nitrogens with one attached hydrogen (secondary N) is 1. The van der Waals surface area contributed by atoms with Gasteiger partial charge in [-0.2, -0.15) is 0 Å². The first kappa shape index (κ1) is 18.5. The number of likely N-dealkylation sites (tertiary alicyclic amines) is 1. The van der Waals surface area contributed by atoms with E-state index in [9.17, 15) is 9.59 Å². The van der Waals surface area contributed by atoms with Gasteiger partial charge in [-0.25, -0.2) is 0 Å². The van der Waals surface area contributed by atoms with E-state index >= 15 is 0 Å². The fourth-order valence-corrected chi connectivity index (χ4v) is 3.35. The predicted molar refractivity (Wildman–Crippen MR) is 98.0 cm³/mol. The lowest BCUT2D eigenvalue weighted by atomic mass is 9.90. The Hall–Kier alpha value is -2.24. The molecule has 0 bridgehead atoms. The number of carbonyl (C=O) groups is 2. The molecule has 0 unspecified atom stereocenters. The molecule has 2 amide bonds. The molecule has 6 heteroatoms. The van der Waals surface area contributed by atoms with E-state index < -0.39 is 0 Å². The highest BCUT2D eigenvalue weighted by atomic mass is 16.6. The average molecular weight is 360 g/mol. The van der Waals surface area contributed by atoms with Crippen LogP contribution in [-0.4, -0.2) is 43.0 Å². The molecule has 6 nitrogen and oxygen atoms in total. The van der Waals surface area contributed by atoms with Crippen molar-refractivity contribution in [1.82, 2.24) is 10.2 Å². The highest BCUT2D eigenvalue weighted by Gasteiger charge is 2.32. The summed E-state index contributed by atoms with van der Waals surface area (Å²) in [5.41, 5.74) is 0.621. The first-order valence-corrected chi connectivity index (χ1v) is 9.30. The van der Waals surface area contributed by atoms with Crippen molar-refractivity contribution in [2.45, 2.75) is 40.2 Å². The number of hydrogen-bond donors (Lipinski definition) is 1. The minimum absolute atomic E-state index is 0.0313. The molecule has 0 radical (unpaired) electrons.